The number of rotatable bonds is 39. The van der Waals surface area contributed by atoms with E-state index in [2.05, 4.69) is 45.2 Å². The van der Waals surface area contributed by atoms with E-state index in [-0.39, 0.29) is 0 Å². The topological polar surface area (TPSA) is 92.3 Å². The maximum Gasteiger partial charge on any atom is 0.0701 e. The van der Waals surface area contributed by atoms with Crippen molar-refractivity contribution in [3.63, 3.8) is 0 Å². The van der Waals surface area contributed by atoms with Crippen LogP contribution in [-0.2, 0) is 47.4 Å². The van der Waals surface area contributed by atoms with Crippen molar-refractivity contribution >= 4 is 45.2 Å². The standard InChI is InChI=1S/C30H60I2O10/c31-9-5-1-3-7-11-33-13-15-35-17-19-37-21-23-39-25-27-41-29-30-42-28-26-40-24-22-38-20-18-36-16-14-34-12-8-4-2-6-10-32/h1-30H2. The van der Waals surface area contributed by atoms with Gasteiger partial charge in [0.2, 0.25) is 0 Å². The van der Waals surface area contributed by atoms with E-state index in [0.29, 0.717) is 119 Å². The van der Waals surface area contributed by atoms with Crippen molar-refractivity contribution in [3.8, 4) is 0 Å². The minimum atomic E-state index is 0.534. The molecule has 0 saturated heterocycles. The van der Waals surface area contributed by atoms with Crippen LogP contribution in [0.4, 0.5) is 0 Å². The smallest absolute Gasteiger partial charge is 0.0701 e. The zero-order valence-corrected chi connectivity index (χ0v) is 30.4. The van der Waals surface area contributed by atoms with Crippen molar-refractivity contribution in [1.82, 2.24) is 0 Å². The lowest BCUT2D eigenvalue weighted by molar-refractivity contribution is -0.0264. The Kier molecular flexibility index (Phi) is 43.1. The van der Waals surface area contributed by atoms with Gasteiger partial charge in [-0.05, 0) is 34.5 Å². The van der Waals surface area contributed by atoms with Crippen LogP contribution in [0.25, 0.3) is 0 Å². The third-order valence-corrected chi connectivity index (χ3v) is 7.22. The summed E-state index contributed by atoms with van der Waals surface area (Å²) in [5.41, 5.74) is 0. The van der Waals surface area contributed by atoms with Gasteiger partial charge in [-0.2, -0.15) is 0 Å². The Morgan fingerprint density at radius 1 is 0.190 bits per heavy atom. The predicted octanol–water partition coefficient (Wildman–Crippen LogP) is 5.14. The maximum absolute atomic E-state index is 5.56. The highest BCUT2D eigenvalue weighted by Gasteiger charge is 1.97. The van der Waals surface area contributed by atoms with Gasteiger partial charge in [-0.1, -0.05) is 70.9 Å². The molecule has 0 heterocycles. The normalized spacial score (nSPS) is 11.6. The highest BCUT2D eigenvalue weighted by atomic mass is 127. The van der Waals surface area contributed by atoms with Crippen molar-refractivity contribution in [1.29, 1.82) is 0 Å². The first-order valence-electron chi connectivity index (χ1n) is 15.8. The van der Waals surface area contributed by atoms with E-state index in [1.807, 2.05) is 0 Å². The van der Waals surface area contributed by atoms with Crippen molar-refractivity contribution in [2.45, 2.75) is 51.4 Å². The molecule has 12 heteroatoms. The second-order valence-electron chi connectivity index (χ2n) is 9.33. The van der Waals surface area contributed by atoms with Crippen LogP contribution in [-0.4, -0.2) is 141 Å². The lowest BCUT2D eigenvalue weighted by atomic mass is 10.2. The Balaban J connectivity index is 3.02. The quantitative estimate of drug-likeness (QED) is 0.0472. The molecular formula is C30H60I2O10. The summed E-state index contributed by atoms with van der Waals surface area (Å²) in [6.07, 6.45) is 9.99. The number of hydrogen-bond acceptors (Lipinski definition) is 10. The summed E-state index contributed by atoms with van der Waals surface area (Å²) in [7, 11) is 0. The average molecular weight is 835 g/mol. The molecule has 0 aromatic heterocycles. The Bertz CT molecular complexity index is 430. The molecule has 0 amide bonds. The molecule has 0 aliphatic rings. The van der Waals surface area contributed by atoms with Gasteiger partial charge in [0, 0.05) is 13.2 Å². The molecular weight excluding hydrogens is 774 g/mol. The van der Waals surface area contributed by atoms with E-state index in [1.165, 1.54) is 47.4 Å². The molecule has 0 spiro atoms. The molecule has 0 aromatic carbocycles. The van der Waals surface area contributed by atoms with Gasteiger partial charge in [0.25, 0.3) is 0 Å². The van der Waals surface area contributed by atoms with E-state index >= 15 is 0 Å². The van der Waals surface area contributed by atoms with Crippen molar-refractivity contribution in [2.24, 2.45) is 0 Å². The predicted molar refractivity (Wildman–Crippen MR) is 183 cm³/mol. The summed E-state index contributed by atoms with van der Waals surface area (Å²) in [6.45, 7) is 11.9. The molecule has 10 nitrogen and oxygen atoms in total. The van der Waals surface area contributed by atoms with Gasteiger partial charge in [0.1, 0.15) is 0 Å². The summed E-state index contributed by atoms with van der Waals surface area (Å²) in [5.74, 6) is 0. The van der Waals surface area contributed by atoms with Crippen LogP contribution in [0.2, 0.25) is 0 Å². The number of unbranched alkanes of at least 4 members (excludes halogenated alkanes) is 6. The lowest BCUT2D eigenvalue weighted by Crippen LogP contribution is -2.15. The van der Waals surface area contributed by atoms with E-state index < -0.39 is 0 Å². The molecule has 0 saturated carbocycles. The van der Waals surface area contributed by atoms with Crippen LogP contribution in [0.5, 0.6) is 0 Å². The Morgan fingerprint density at radius 3 is 0.548 bits per heavy atom. The maximum atomic E-state index is 5.56. The summed E-state index contributed by atoms with van der Waals surface area (Å²) in [4.78, 5) is 0. The van der Waals surface area contributed by atoms with Gasteiger partial charge in [-0.3, -0.25) is 0 Å². The van der Waals surface area contributed by atoms with Crippen LogP contribution in [0.1, 0.15) is 51.4 Å². The number of halogens is 2. The van der Waals surface area contributed by atoms with E-state index in [1.54, 1.807) is 0 Å². The van der Waals surface area contributed by atoms with Crippen LogP contribution in [0.3, 0.4) is 0 Å². The van der Waals surface area contributed by atoms with E-state index in [4.69, 9.17) is 47.4 Å². The average Bonchev–Trinajstić information content (AvgIpc) is 3.00. The fourth-order valence-electron chi connectivity index (χ4n) is 3.39. The highest BCUT2D eigenvalue weighted by molar-refractivity contribution is 14.1. The summed E-state index contributed by atoms with van der Waals surface area (Å²) in [6, 6.07) is 0. The van der Waals surface area contributed by atoms with Crippen molar-refractivity contribution in [3.05, 3.63) is 0 Å². The second kappa shape index (κ2) is 42.1. The minimum Gasteiger partial charge on any atom is -0.379 e. The fraction of sp³-hybridized carbons (Fsp3) is 1.00. The van der Waals surface area contributed by atoms with Gasteiger partial charge in [-0.25, -0.2) is 0 Å². The van der Waals surface area contributed by atoms with Crippen LogP contribution in [0.15, 0.2) is 0 Å². The van der Waals surface area contributed by atoms with Gasteiger partial charge in [0.15, 0.2) is 0 Å². The lowest BCUT2D eigenvalue weighted by Gasteiger charge is -2.09. The van der Waals surface area contributed by atoms with Gasteiger partial charge in [-0.15, -0.1) is 0 Å². The molecule has 0 unspecified atom stereocenters. The van der Waals surface area contributed by atoms with Crippen LogP contribution >= 0.6 is 45.2 Å². The summed E-state index contributed by atoms with van der Waals surface area (Å²) >= 11 is 4.84. The zero-order chi connectivity index (χ0) is 30.3. The summed E-state index contributed by atoms with van der Waals surface area (Å²) in [5, 5.41) is 0. The molecule has 0 N–H and O–H groups in total. The van der Waals surface area contributed by atoms with E-state index in [9.17, 15) is 0 Å². The first-order valence-corrected chi connectivity index (χ1v) is 18.9. The van der Waals surface area contributed by atoms with Crippen molar-refractivity contribution < 1.29 is 47.4 Å². The van der Waals surface area contributed by atoms with Crippen LogP contribution < -0.4 is 0 Å². The molecule has 0 bridgehead atoms. The molecule has 0 rings (SSSR count). The Labute approximate surface area is 283 Å². The first kappa shape index (κ1) is 43.1. The van der Waals surface area contributed by atoms with Crippen LogP contribution in [0, 0.1) is 0 Å². The molecule has 0 radical (unpaired) electrons. The highest BCUT2D eigenvalue weighted by Crippen LogP contribution is 2.03. The van der Waals surface area contributed by atoms with Gasteiger partial charge < -0.3 is 47.4 Å². The Morgan fingerprint density at radius 2 is 0.357 bits per heavy atom. The zero-order valence-electron chi connectivity index (χ0n) is 26.1. The summed E-state index contributed by atoms with van der Waals surface area (Å²) < 4.78 is 57.5. The number of alkyl halides is 2. The largest absolute Gasteiger partial charge is 0.379 e. The molecule has 0 aromatic rings. The minimum absolute atomic E-state index is 0.534. The number of ether oxygens (including phenoxy) is 10. The SMILES string of the molecule is ICCCCCCOCCOCCOCCOCCOCCOCCOCCOCCOCCOCCCCCCI. The first-order chi connectivity index (χ1) is 20.9. The molecule has 42 heavy (non-hydrogen) atoms. The molecule has 0 aliphatic heterocycles. The second-order valence-corrected chi connectivity index (χ2v) is 11.5. The van der Waals surface area contributed by atoms with Gasteiger partial charge in [0.05, 0.1) is 119 Å². The molecule has 0 aliphatic carbocycles. The van der Waals surface area contributed by atoms with E-state index in [0.717, 1.165) is 26.1 Å². The molecule has 0 fully saturated rings. The third kappa shape index (κ3) is 41.1. The Hall–Kier alpha value is 1.06. The third-order valence-electron chi connectivity index (χ3n) is 5.69. The molecule has 0 atom stereocenters. The number of hydrogen-bond donors (Lipinski definition) is 0. The van der Waals surface area contributed by atoms with Gasteiger partial charge >= 0.3 is 0 Å². The molecule has 254 valence electrons. The monoisotopic (exact) mass is 834 g/mol. The fourth-order valence-corrected chi connectivity index (χ4v) is 4.46. The van der Waals surface area contributed by atoms with Crippen molar-refractivity contribution in [2.75, 3.05) is 141 Å².